The Bertz CT molecular complexity index is 303. The van der Waals surface area contributed by atoms with Crippen LogP contribution in [0.2, 0.25) is 0 Å². The van der Waals surface area contributed by atoms with Crippen LogP contribution < -0.4 is 5.32 Å². The molecule has 1 aliphatic carbocycles. The van der Waals surface area contributed by atoms with Gasteiger partial charge in [0.05, 0.1) is 6.10 Å². The van der Waals surface area contributed by atoms with Gasteiger partial charge in [0.1, 0.15) is 0 Å². The van der Waals surface area contributed by atoms with Gasteiger partial charge in [-0.25, -0.2) is 0 Å². The summed E-state index contributed by atoms with van der Waals surface area (Å²) >= 11 is 0. The average Bonchev–Trinajstić information content (AvgIpc) is 3.15. The van der Waals surface area contributed by atoms with E-state index in [1.807, 2.05) is 0 Å². The van der Waals surface area contributed by atoms with Gasteiger partial charge in [0, 0.05) is 37.8 Å². The van der Waals surface area contributed by atoms with E-state index < -0.39 is 0 Å². The van der Waals surface area contributed by atoms with Crippen molar-refractivity contribution in [1.82, 2.24) is 10.2 Å². The predicted octanol–water partition coefficient (Wildman–Crippen LogP) is 2.26. The fourth-order valence-corrected chi connectivity index (χ4v) is 3.96. The van der Waals surface area contributed by atoms with E-state index in [1.54, 1.807) is 0 Å². The van der Waals surface area contributed by atoms with Gasteiger partial charge in [-0.1, -0.05) is 20.8 Å². The van der Waals surface area contributed by atoms with E-state index in [1.165, 1.54) is 32.2 Å². The minimum Gasteiger partial charge on any atom is -0.376 e. The normalized spacial score (nSPS) is 41.1. The van der Waals surface area contributed by atoms with E-state index in [9.17, 15) is 0 Å². The highest BCUT2D eigenvalue weighted by molar-refractivity contribution is 4.99. The molecule has 1 N–H and O–H groups in total. The van der Waals surface area contributed by atoms with Crippen LogP contribution in [-0.2, 0) is 4.74 Å². The number of hydrogen-bond acceptors (Lipinski definition) is 3. The maximum Gasteiger partial charge on any atom is 0.0759 e. The molecule has 2 saturated heterocycles. The summed E-state index contributed by atoms with van der Waals surface area (Å²) in [6, 6.07) is 2.06. The lowest BCUT2D eigenvalue weighted by molar-refractivity contribution is -0.0000857. The third kappa shape index (κ3) is 2.84. The highest BCUT2D eigenvalue weighted by Crippen LogP contribution is 2.41. The van der Waals surface area contributed by atoms with E-state index in [-0.39, 0.29) is 0 Å². The second-order valence-electron chi connectivity index (χ2n) is 7.05. The molecule has 110 valence electrons. The topological polar surface area (TPSA) is 24.5 Å². The fraction of sp³-hybridized carbons (Fsp3) is 1.00. The molecule has 0 amide bonds. The lowest BCUT2D eigenvalue weighted by Crippen LogP contribution is -2.62. The number of nitrogens with zero attached hydrogens (tertiary/aromatic N) is 1. The maximum absolute atomic E-state index is 6.08. The van der Waals surface area contributed by atoms with E-state index in [0.29, 0.717) is 24.2 Å². The molecule has 3 nitrogen and oxygen atoms in total. The monoisotopic (exact) mass is 266 g/mol. The van der Waals surface area contributed by atoms with E-state index >= 15 is 0 Å². The molecular formula is C16H30N2O. The largest absolute Gasteiger partial charge is 0.376 e. The maximum atomic E-state index is 6.08. The first kappa shape index (κ1) is 13.8. The summed E-state index contributed by atoms with van der Waals surface area (Å²) in [4.78, 5) is 2.81. The average molecular weight is 266 g/mol. The first-order chi connectivity index (χ1) is 9.20. The Morgan fingerprint density at radius 1 is 1.26 bits per heavy atom. The molecule has 19 heavy (non-hydrogen) atoms. The lowest BCUT2D eigenvalue weighted by atomic mass is 9.92. The van der Waals surface area contributed by atoms with Crippen molar-refractivity contribution in [1.29, 1.82) is 0 Å². The fourth-order valence-electron chi connectivity index (χ4n) is 3.96. The van der Waals surface area contributed by atoms with Crippen LogP contribution in [0.4, 0.5) is 0 Å². The summed E-state index contributed by atoms with van der Waals surface area (Å²) in [6.07, 6.45) is 5.83. The zero-order valence-electron chi connectivity index (χ0n) is 12.8. The van der Waals surface area contributed by atoms with Gasteiger partial charge in [-0.15, -0.1) is 0 Å². The smallest absolute Gasteiger partial charge is 0.0759 e. The number of rotatable bonds is 4. The molecule has 2 heterocycles. The van der Waals surface area contributed by atoms with Crippen LogP contribution in [0, 0.1) is 11.8 Å². The zero-order chi connectivity index (χ0) is 13.4. The summed E-state index contributed by atoms with van der Waals surface area (Å²) in [5.41, 5.74) is 0. The quantitative estimate of drug-likeness (QED) is 0.845. The van der Waals surface area contributed by atoms with Crippen molar-refractivity contribution in [2.75, 3.05) is 19.7 Å². The summed E-state index contributed by atoms with van der Waals surface area (Å²) in [5.74, 6) is 1.60. The standard InChI is InChI=1S/C16H30N2O/c1-4-13-10-18(15(9-17-13)11(2)3)14-7-8-19-16(14)12-5-6-12/h11-17H,4-10H2,1-3H3. The number of piperazine rings is 1. The van der Waals surface area contributed by atoms with Crippen LogP contribution in [0.5, 0.6) is 0 Å². The Morgan fingerprint density at radius 3 is 2.68 bits per heavy atom. The van der Waals surface area contributed by atoms with E-state index in [0.717, 1.165) is 25.0 Å². The molecule has 0 aromatic heterocycles. The highest BCUT2D eigenvalue weighted by atomic mass is 16.5. The number of nitrogens with one attached hydrogen (secondary N) is 1. The Balaban J connectivity index is 1.73. The van der Waals surface area contributed by atoms with Gasteiger partial charge in [-0.3, -0.25) is 4.90 Å². The van der Waals surface area contributed by atoms with Gasteiger partial charge < -0.3 is 10.1 Å². The lowest BCUT2D eigenvalue weighted by Gasteiger charge is -2.46. The van der Waals surface area contributed by atoms with Crippen molar-refractivity contribution >= 4 is 0 Å². The molecule has 1 saturated carbocycles. The summed E-state index contributed by atoms with van der Waals surface area (Å²) < 4.78 is 6.08. The Morgan fingerprint density at radius 2 is 2.05 bits per heavy atom. The van der Waals surface area contributed by atoms with Gasteiger partial charge in [0.2, 0.25) is 0 Å². The SMILES string of the molecule is CCC1CN(C2CCOC2C2CC2)C(C(C)C)CN1. The molecule has 4 atom stereocenters. The van der Waals surface area contributed by atoms with Gasteiger partial charge >= 0.3 is 0 Å². The molecule has 3 fully saturated rings. The van der Waals surface area contributed by atoms with E-state index in [4.69, 9.17) is 4.74 Å². The Hall–Kier alpha value is -0.120. The third-order valence-corrected chi connectivity index (χ3v) is 5.35. The molecule has 0 bridgehead atoms. The molecule has 2 aliphatic heterocycles. The van der Waals surface area contributed by atoms with Gasteiger partial charge in [0.25, 0.3) is 0 Å². The number of ether oxygens (including phenoxy) is 1. The number of hydrogen-bond donors (Lipinski definition) is 1. The zero-order valence-corrected chi connectivity index (χ0v) is 12.8. The second-order valence-corrected chi connectivity index (χ2v) is 7.05. The van der Waals surface area contributed by atoms with Crippen molar-refractivity contribution in [2.45, 2.75) is 70.7 Å². The van der Waals surface area contributed by atoms with Crippen LogP contribution in [0.25, 0.3) is 0 Å². The molecule has 0 aromatic rings. The summed E-state index contributed by atoms with van der Waals surface area (Å²) in [6.45, 7) is 10.4. The molecule has 3 heteroatoms. The molecule has 0 aromatic carbocycles. The van der Waals surface area contributed by atoms with Crippen molar-refractivity contribution in [2.24, 2.45) is 11.8 Å². The van der Waals surface area contributed by atoms with Crippen molar-refractivity contribution in [3.05, 3.63) is 0 Å². The third-order valence-electron chi connectivity index (χ3n) is 5.35. The first-order valence-electron chi connectivity index (χ1n) is 8.31. The highest BCUT2D eigenvalue weighted by Gasteiger charge is 2.46. The molecule has 0 spiro atoms. The Kier molecular flexibility index (Phi) is 4.16. The van der Waals surface area contributed by atoms with Gasteiger partial charge in [-0.2, -0.15) is 0 Å². The van der Waals surface area contributed by atoms with Crippen LogP contribution in [0.3, 0.4) is 0 Å². The molecule has 0 radical (unpaired) electrons. The van der Waals surface area contributed by atoms with Crippen LogP contribution in [0.15, 0.2) is 0 Å². The second kappa shape index (κ2) is 5.71. The predicted molar refractivity (Wildman–Crippen MR) is 78.3 cm³/mol. The molecule has 4 unspecified atom stereocenters. The van der Waals surface area contributed by atoms with Crippen molar-refractivity contribution in [3.63, 3.8) is 0 Å². The molecule has 3 rings (SSSR count). The van der Waals surface area contributed by atoms with Crippen LogP contribution in [-0.4, -0.2) is 48.8 Å². The Labute approximate surface area is 118 Å². The van der Waals surface area contributed by atoms with Crippen LogP contribution >= 0.6 is 0 Å². The molecule has 3 aliphatic rings. The first-order valence-corrected chi connectivity index (χ1v) is 8.31. The summed E-state index contributed by atoms with van der Waals surface area (Å²) in [5, 5.41) is 3.73. The van der Waals surface area contributed by atoms with Crippen LogP contribution in [0.1, 0.15) is 46.5 Å². The van der Waals surface area contributed by atoms with Crippen molar-refractivity contribution < 1.29 is 4.74 Å². The minimum absolute atomic E-state index is 0.539. The van der Waals surface area contributed by atoms with Crippen molar-refractivity contribution in [3.8, 4) is 0 Å². The van der Waals surface area contributed by atoms with Gasteiger partial charge in [0.15, 0.2) is 0 Å². The minimum atomic E-state index is 0.539. The van der Waals surface area contributed by atoms with E-state index in [2.05, 4.69) is 31.0 Å². The van der Waals surface area contributed by atoms with Gasteiger partial charge in [-0.05, 0) is 37.5 Å². The summed E-state index contributed by atoms with van der Waals surface area (Å²) in [7, 11) is 0. The molecular weight excluding hydrogens is 236 g/mol.